The zero-order valence-corrected chi connectivity index (χ0v) is 19.9. The first kappa shape index (κ1) is 22.4. The maximum Gasteiger partial charge on any atom is 0.203 e. The lowest BCUT2D eigenvalue weighted by atomic mass is 9.96. The zero-order valence-electron chi connectivity index (χ0n) is 19.0. The molecule has 0 bridgehead atoms. The predicted octanol–water partition coefficient (Wildman–Crippen LogP) is 6.16. The number of ether oxygens (including phenoxy) is 3. The van der Waals surface area contributed by atoms with E-state index in [0.717, 1.165) is 34.6 Å². The first-order valence-corrected chi connectivity index (χ1v) is 12.1. The van der Waals surface area contributed by atoms with Crippen LogP contribution in [0.5, 0.6) is 17.2 Å². The second-order valence-electron chi connectivity index (χ2n) is 8.01. The molecular weight excluding hydrogens is 422 g/mol. The van der Waals surface area contributed by atoms with Crippen molar-refractivity contribution in [3.05, 3.63) is 46.8 Å². The number of hydrogen-bond donors (Lipinski definition) is 0. The lowest BCUT2D eigenvalue weighted by molar-refractivity contribution is 0.324. The summed E-state index contributed by atoms with van der Waals surface area (Å²) in [5.41, 5.74) is 3.03. The molecule has 6 nitrogen and oxygen atoms in total. The largest absolute Gasteiger partial charge is 0.493 e. The van der Waals surface area contributed by atoms with Crippen molar-refractivity contribution in [2.75, 3.05) is 21.3 Å². The van der Waals surface area contributed by atoms with Crippen LogP contribution in [0.3, 0.4) is 0 Å². The van der Waals surface area contributed by atoms with E-state index in [1.165, 1.54) is 32.1 Å². The van der Waals surface area contributed by atoms with Crippen LogP contribution >= 0.6 is 11.3 Å². The minimum atomic E-state index is 0.408. The lowest BCUT2D eigenvalue weighted by Crippen LogP contribution is -2.22. The van der Waals surface area contributed by atoms with Crippen molar-refractivity contribution in [1.29, 1.82) is 0 Å². The average Bonchev–Trinajstić information content (AvgIpc) is 3.21. The number of benzene rings is 1. The Morgan fingerprint density at radius 3 is 2.25 bits per heavy atom. The molecule has 170 valence electrons. The maximum atomic E-state index is 5.62. The summed E-state index contributed by atoms with van der Waals surface area (Å²) in [7, 11) is 4.94. The molecule has 1 aliphatic rings. The third-order valence-electron chi connectivity index (χ3n) is 6.01. The minimum absolute atomic E-state index is 0.408. The molecule has 0 saturated heterocycles. The van der Waals surface area contributed by atoms with Crippen LogP contribution in [0.15, 0.2) is 47.0 Å². The van der Waals surface area contributed by atoms with Crippen LogP contribution in [-0.4, -0.2) is 30.9 Å². The van der Waals surface area contributed by atoms with Crippen molar-refractivity contribution in [3.63, 3.8) is 0 Å². The molecule has 0 aliphatic heterocycles. The van der Waals surface area contributed by atoms with Gasteiger partial charge in [0.15, 0.2) is 16.3 Å². The Morgan fingerprint density at radius 1 is 0.969 bits per heavy atom. The Labute approximate surface area is 193 Å². The molecule has 1 aromatic carbocycles. The number of aromatic nitrogens is 2. The SMILES string of the molecule is COc1cc(-c2csc(=Nc3cccnc3)n2C2CCCCCCC2)cc(OC)c1OC. The Balaban J connectivity index is 1.88. The molecule has 32 heavy (non-hydrogen) atoms. The molecule has 0 atom stereocenters. The molecule has 1 aliphatic carbocycles. The molecular formula is C25H31N3O3S. The summed E-state index contributed by atoms with van der Waals surface area (Å²) in [6.45, 7) is 0. The van der Waals surface area contributed by atoms with E-state index in [1.807, 2.05) is 24.3 Å². The fourth-order valence-corrected chi connectivity index (χ4v) is 5.40. The topological polar surface area (TPSA) is 57.9 Å². The molecule has 1 fully saturated rings. The van der Waals surface area contributed by atoms with Gasteiger partial charge in [-0.1, -0.05) is 32.1 Å². The number of nitrogens with zero attached hydrogens (tertiary/aromatic N) is 3. The van der Waals surface area contributed by atoms with E-state index in [-0.39, 0.29) is 0 Å². The number of pyridine rings is 1. The second-order valence-corrected chi connectivity index (χ2v) is 8.85. The fourth-order valence-electron chi connectivity index (χ4n) is 4.42. The predicted molar refractivity (Wildman–Crippen MR) is 128 cm³/mol. The van der Waals surface area contributed by atoms with Crippen LogP contribution in [0.25, 0.3) is 11.3 Å². The van der Waals surface area contributed by atoms with Gasteiger partial charge in [-0.25, -0.2) is 4.99 Å². The van der Waals surface area contributed by atoms with E-state index >= 15 is 0 Å². The Kier molecular flexibility index (Phi) is 7.47. The van der Waals surface area contributed by atoms with Gasteiger partial charge in [0.1, 0.15) is 0 Å². The number of thiazole rings is 1. The Morgan fingerprint density at radius 2 is 1.66 bits per heavy atom. The van der Waals surface area contributed by atoms with Crippen LogP contribution in [0, 0.1) is 0 Å². The molecule has 4 rings (SSSR count). The molecule has 2 aromatic heterocycles. The normalized spacial score (nSPS) is 15.8. The summed E-state index contributed by atoms with van der Waals surface area (Å²) >= 11 is 1.66. The van der Waals surface area contributed by atoms with E-state index < -0.39 is 0 Å². The van der Waals surface area contributed by atoms with Gasteiger partial charge in [-0.3, -0.25) is 4.98 Å². The highest BCUT2D eigenvalue weighted by atomic mass is 32.1. The van der Waals surface area contributed by atoms with Gasteiger partial charge in [-0.2, -0.15) is 0 Å². The third kappa shape index (κ3) is 4.83. The summed E-state index contributed by atoms with van der Waals surface area (Å²) in [6.07, 6.45) is 12.3. The average molecular weight is 454 g/mol. The fraction of sp³-hybridized carbons (Fsp3) is 0.440. The van der Waals surface area contributed by atoms with E-state index in [0.29, 0.717) is 23.3 Å². The molecule has 0 radical (unpaired) electrons. The summed E-state index contributed by atoms with van der Waals surface area (Å²) in [5, 5.41) is 2.19. The minimum Gasteiger partial charge on any atom is -0.493 e. The van der Waals surface area contributed by atoms with Crippen molar-refractivity contribution in [2.24, 2.45) is 4.99 Å². The van der Waals surface area contributed by atoms with Crippen LogP contribution in [0.4, 0.5) is 5.69 Å². The second kappa shape index (κ2) is 10.7. The number of methoxy groups -OCH3 is 3. The molecule has 0 N–H and O–H groups in total. The Hall–Kier alpha value is -2.80. The zero-order chi connectivity index (χ0) is 22.3. The van der Waals surface area contributed by atoms with Crippen LogP contribution in [0.2, 0.25) is 0 Å². The molecule has 1 saturated carbocycles. The van der Waals surface area contributed by atoms with Gasteiger partial charge < -0.3 is 18.8 Å². The third-order valence-corrected chi connectivity index (χ3v) is 6.85. The van der Waals surface area contributed by atoms with Gasteiger partial charge >= 0.3 is 0 Å². The molecule has 0 unspecified atom stereocenters. The van der Waals surface area contributed by atoms with Gasteiger partial charge in [-0.05, 0) is 37.1 Å². The molecule has 0 amide bonds. The highest BCUT2D eigenvalue weighted by molar-refractivity contribution is 7.07. The van der Waals surface area contributed by atoms with Crippen LogP contribution in [0.1, 0.15) is 51.0 Å². The van der Waals surface area contributed by atoms with E-state index in [1.54, 1.807) is 45.1 Å². The molecule has 3 aromatic rings. The summed E-state index contributed by atoms with van der Waals surface area (Å²) in [4.78, 5) is 10.2. The standard InChI is InChI=1S/C25H31N3O3S/c1-29-22-14-18(15-23(30-2)24(22)31-3)21-17-32-25(27-19-10-9-13-26-16-19)28(21)20-11-7-5-4-6-8-12-20/h9-10,13-17,20H,4-8,11-12H2,1-3H3. The van der Waals surface area contributed by atoms with Gasteiger partial charge in [0.2, 0.25) is 5.75 Å². The quantitative estimate of drug-likeness (QED) is 0.449. The van der Waals surface area contributed by atoms with E-state index in [4.69, 9.17) is 19.2 Å². The van der Waals surface area contributed by atoms with E-state index in [2.05, 4.69) is 14.9 Å². The van der Waals surface area contributed by atoms with Gasteiger partial charge in [0, 0.05) is 23.2 Å². The van der Waals surface area contributed by atoms with Crippen LogP contribution in [-0.2, 0) is 0 Å². The highest BCUT2D eigenvalue weighted by Crippen LogP contribution is 2.42. The summed E-state index contributed by atoms with van der Waals surface area (Å²) in [5.74, 6) is 1.91. The Bertz CT molecular complexity index is 1060. The van der Waals surface area contributed by atoms with Crippen LogP contribution < -0.4 is 19.0 Å². The van der Waals surface area contributed by atoms with Crippen molar-refractivity contribution < 1.29 is 14.2 Å². The van der Waals surface area contributed by atoms with Crippen molar-refractivity contribution in [3.8, 4) is 28.5 Å². The molecule has 0 spiro atoms. The number of rotatable bonds is 6. The first-order valence-electron chi connectivity index (χ1n) is 11.2. The van der Waals surface area contributed by atoms with Gasteiger partial charge in [0.05, 0.1) is 38.9 Å². The number of hydrogen-bond acceptors (Lipinski definition) is 6. The molecule has 2 heterocycles. The van der Waals surface area contributed by atoms with E-state index in [9.17, 15) is 0 Å². The first-order chi connectivity index (χ1) is 15.7. The maximum absolute atomic E-state index is 5.62. The summed E-state index contributed by atoms with van der Waals surface area (Å²) in [6, 6.07) is 8.38. The van der Waals surface area contributed by atoms with Gasteiger partial charge in [-0.15, -0.1) is 11.3 Å². The lowest BCUT2D eigenvalue weighted by Gasteiger charge is -2.24. The highest BCUT2D eigenvalue weighted by Gasteiger charge is 2.21. The van der Waals surface area contributed by atoms with Crippen molar-refractivity contribution in [1.82, 2.24) is 9.55 Å². The van der Waals surface area contributed by atoms with Crippen molar-refractivity contribution in [2.45, 2.75) is 51.0 Å². The summed E-state index contributed by atoms with van der Waals surface area (Å²) < 4.78 is 19.2. The smallest absolute Gasteiger partial charge is 0.203 e. The monoisotopic (exact) mass is 453 g/mol. The van der Waals surface area contributed by atoms with Gasteiger partial charge in [0.25, 0.3) is 0 Å². The molecule has 7 heteroatoms. The van der Waals surface area contributed by atoms with Crippen molar-refractivity contribution >= 4 is 17.0 Å².